The van der Waals surface area contributed by atoms with Crippen LogP contribution >= 0.6 is 11.3 Å². The summed E-state index contributed by atoms with van der Waals surface area (Å²) < 4.78 is 0. The highest BCUT2D eigenvalue weighted by atomic mass is 32.1. The van der Waals surface area contributed by atoms with Crippen molar-refractivity contribution in [1.82, 2.24) is 4.98 Å². The molecule has 0 spiro atoms. The van der Waals surface area contributed by atoms with Crippen molar-refractivity contribution in [1.29, 1.82) is 0 Å². The largest absolute Gasteiger partial charge is 0.351 e. The van der Waals surface area contributed by atoms with Crippen LogP contribution in [0.1, 0.15) is 50.7 Å². The number of nitrogens with zero attached hydrogens (tertiary/aromatic N) is 2. The van der Waals surface area contributed by atoms with Gasteiger partial charge >= 0.3 is 0 Å². The van der Waals surface area contributed by atoms with Gasteiger partial charge in [0.25, 0.3) is 0 Å². The number of nitrogens with two attached hydrogens (primary N) is 1. The summed E-state index contributed by atoms with van der Waals surface area (Å²) in [6.45, 7) is 10.1. The van der Waals surface area contributed by atoms with Gasteiger partial charge in [0.15, 0.2) is 5.13 Å². The van der Waals surface area contributed by atoms with E-state index in [1.165, 1.54) is 10.6 Å². The quantitative estimate of drug-likeness (QED) is 0.914. The summed E-state index contributed by atoms with van der Waals surface area (Å²) in [5, 5.41) is 1.13. The highest BCUT2D eigenvalue weighted by Crippen LogP contribution is 2.43. The summed E-state index contributed by atoms with van der Waals surface area (Å²) in [7, 11) is 2.13. The molecule has 1 aromatic heterocycles. The molecule has 1 heterocycles. The molecule has 0 aromatic carbocycles. The van der Waals surface area contributed by atoms with Crippen LogP contribution in [0.25, 0.3) is 0 Å². The maximum atomic E-state index is 6.29. The molecule has 3 nitrogen and oxygen atoms in total. The minimum absolute atomic E-state index is 0.169. The number of thiazole rings is 1. The molecule has 0 amide bonds. The standard InChI is InChI=1S/C14H25N3S/c1-9(2)8-17(5)13-16-11-7-14(3,4)6-10(15)12(11)18-13/h9-10H,6-8,15H2,1-5H3. The molecule has 102 valence electrons. The molecule has 1 aliphatic rings. The van der Waals surface area contributed by atoms with Gasteiger partial charge in [0.1, 0.15) is 0 Å². The van der Waals surface area contributed by atoms with Crippen LogP contribution in [0.2, 0.25) is 0 Å². The van der Waals surface area contributed by atoms with E-state index < -0.39 is 0 Å². The molecule has 1 unspecified atom stereocenters. The Morgan fingerprint density at radius 2 is 2.17 bits per heavy atom. The molecule has 0 aliphatic heterocycles. The van der Waals surface area contributed by atoms with Gasteiger partial charge in [-0.2, -0.15) is 0 Å². The highest BCUT2D eigenvalue weighted by Gasteiger charge is 2.33. The number of rotatable bonds is 3. The van der Waals surface area contributed by atoms with E-state index >= 15 is 0 Å². The van der Waals surface area contributed by atoms with Crippen molar-refractivity contribution in [3.8, 4) is 0 Å². The maximum Gasteiger partial charge on any atom is 0.185 e. The van der Waals surface area contributed by atoms with E-state index in [9.17, 15) is 0 Å². The van der Waals surface area contributed by atoms with Crippen LogP contribution in [0, 0.1) is 11.3 Å². The zero-order valence-corrected chi connectivity index (χ0v) is 13.0. The summed E-state index contributed by atoms with van der Waals surface area (Å²) in [6, 6.07) is 0.169. The average molecular weight is 267 g/mol. The fraction of sp³-hybridized carbons (Fsp3) is 0.786. The number of hydrogen-bond acceptors (Lipinski definition) is 4. The first-order chi connectivity index (χ1) is 8.28. The number of aromatic nitrogens is 1. The van der Waals surface area contributed by atoms with E-state index in [1.807, 2.05) is 0 Å². The lowest BCUT2D eigenvalue weighted by Gasteiger charge is -2.32. The second-order valence-corrected chi connectivity index (χ2v) is 7.74. The summed E-state index contributed by atoms with van der Waals surface area (Å²) in [5.74, 6) is 0.654. The maximum absolute atomic E-state index is 6.29. The Labute approximate surface area is 114 Å². The van der Waals surface area contributed by atoms with Gasteiger partial charge in [-0.1, -0.05) is 27.7 Å². The lowest BCUT2D eigenvalue weighted by Crippen LogP contribution is -2.28. The van der Waals surface area contributed by atoms with Gasteiger partial charge in [-0.05, 0) is 24.2 Å². The van der Waals surface area contributed by atoms with E-state index in [0.717, 1.165) is 24.5 Å². The molecule has 0 bridgehead atoms. The molecule has 2 N–H and O–H groups in total. The monoisotopic (exact) mass is 267 g/mol. The van der Waals surface area contributed by atoms with Gasteiger partial charge < -0.3 is 10.6 Å². The second-order valence-electron chi connectivity index (χ2n) is 6.73. The van der Waals surface area contributed by atoms with Crippen molar-refractivity contribution in [3.05, 3.63) is 10.6 Å². The number of fused-ring (bicyclic) bond motifs is 1. The molecular formula is C14H25N3S. The van der Waals surface area contributed by atoms with E-state index in [2.05, 4.69) is 39.6 Å². The summed E-state index contributed by atoms with van der Waals surface area (Å²) in [5.41, 5.74) is 7.81. The minimum atomic E-state index is 0.169. The van der Waals surface area contributed by atoms with Crippen molar-refractivity contribution in [3.63, 3.8) is 0 Å². The van der Waals surface area contributed by atoms with Crippen molar-refractivity contribution < 1.29 is 0 Å². The number of anilines is 1. The molecule has 0 saturated carbocycles. The van der Waals surface area contributed by atoms with Gasteiger partial charge in [0.2, 0.25) is 0 Å². The highest BCUT2D eigenvalue weighted by molar-refractivity contribution is 7.15. The number of hydrogen-bond donors (Lipinski definition) is 1. The predicted octanol–water partition coefficient (Wildman–Crippen LogP) is 3.21. The Hall–Kier alpha value is -0.610. The SMILES string of the molecule is CC(C)CN(C)c1nc2c(s1)C(N)CC(C)(C)C2. The summed E-state index contributed by atoms with van der Waals surface area (Å²) in [6.07, 6.45) is 2.12. The molecule has 18 heavy (non-hydrogen) atoms. The van der Waals surface area contributed by atoms with Gasteiger partial charge in [0.05, 0.1) is 5.69 Å². The van der Waals surface area contributed by atoms with Crippen LogP contribution in [0.4, 0.5) is 5.13 Å². The van der Waals surface area contributed by atoms with Crippen LogP contribution in [0.15, 0.2) is 0 Å². The van der Waals surface area contributed by atoms with E-state index in [0.29, 0.717) is 5.92 Å². The van der Waals surface area contributed by atoms with Crippen LogP contribution in [-0.4, -0.2) is 18.6 Å². The normalized spacial score (nSPS) is 22.1. The lowest BCUT2D eigenvalue weighted by atomic mass is 9.77. The van der Waals surface area contributed by atoms with Crippen molar-refractivity contribution in [2.24, 2.45) is 17.1 Å². The first-order valence-electron chi connectivity index (χ1n) is 6.75. The van der Waals surface area contributed by atoms with E-state index in [1.54, 1.807) is 11.3 Å². The second kappa shape index (κ2) is 4.82. The zero-order chi connectivity index (χ0) is 13.5. The van der Waals surface area contributed by atoms with Crippen molar-refractivity contribution >= 4 is 16.5 Å². The smallest absolute Gasteiger partial charge is 0.185 e. The van der Waals surface area contributed by atoms with Crippen molar-refractivity contribution in [2.45, 2.75) is 46.6 Å². The van der Waals surface area contributed by atoms with Crippen LogP contribution in [-0.2, 0) is 6.42 Å². The van der Waals surface area contributed by atoms with Gasteiger partial charge in [-0.25, -0.2) is 4.98 Å². The fourth-order valence-corrected chi connectivity index (χ4v) is 3.82. The third kappa shape index (κ3) is 2.86. The predicted molar refractivity (Wildman–Crippen MR) is 79.3 cm³/mol. The average Bonchev–Trinajstić information content (AvgIpc) is 2.58. The Kier molecular flexibility index (Phi) is 3.70. The first-order valence-corrected chi connectivity index (χ1v) is 7.56. The summed E-state index contributed by atoms with van der Waals surface area (Å²) >= 11 is 1.78. The molecular weight excluding hydrogens is 242 g/mol. The molecule has 0 radical (unpaired) electrons. The van der Waals surface area contributed by atoms with E-state index in [4.69, 9.17) is 10.7 Å². The Bertz CT molecular complexity index is 423. The van der Waals surface area contributed by atoms with E-state index in [-0.39, 0.29) is 11.5 Å². The topological polar surface area (TPSA) is 42.2 Å². The molecule has 0 saturated heterocycles. The van der Waals surface area contributed by atoms with Gasteiger partial charge in [-0.15, -0.1) is 11.3 Å². The molecule has 1 aliphatic carbocycles. The Morgan fingerprint density at radius 1 is 1.50 bits per heavy atom. The molecule has 1 atom stereocenters. The minimum Gasteiger partial charge on any atom is -0.351 e. The summed E-state index contributed by atoms with van der Waals surface area (Å²) in [4.78, 5) is 8.38. The molecule has 0 fully saturated rings. The van der Waals surface area contributed by atoms with Crippen LogP contribution < -0.4 is 10.6 Å². The van der Waals surface area contributed by atoms with Crippen molar-refractivity contribution in [2.75, 3.05) is 18.5 Å². The Balaban J connectivity index is 2.23. The van der Waals surface area contributed by atoms with Gasteiger partial charge in [0, 0.05) is 24.5 Å². The lowest BCUT2D eigenvalue weighted by molar-refractivity contribution is 0.282. The molecule has 1 aromatic rings. The third-order valence-electron chi connectivity index (χ3n) is 3.44. The molecule has 2 rings (SSSR count). The third-order valence-corrected chi connectivity index (χ3v) is 4.78. The molecule has 4 heteroatoms. The fourth-order valence-electron chi connectivity index (χ4n) is 2.77. The first kappa shape index (κ1) is 13.8. The van der Waals surface area contributed by atoms with Crippen LogP contribution in [0.5, 0.6) is 0 Å². The van der Waals surface area contributed by atoms with Crippen LogP contribution in [0.3, 0.4) is 0 Å². The Morgan fingerprint density at radius 3 is 2.78 bits per heavy atom. The van der Waals surface area contributed by atoms with Gasteiger partial charge in [-0.3, -0.25) is 0 Å². The zero-order valence-electron chi connectivity index (χ0n) is 12.2.